The van der Waals surface area contributed by atoms with Gasteiger partial charge in [-0.25, -0.2) is 0 Å². The Bertz CT molecular complexity index is 145. The molecule has 1 spiro atoms. The first-order valence-corrected chi connectivity index (χ1v) is 4.21. The zero-order valence-electron chi connectivity index (χ0n) is 7.01. The minimum absolute atomic E-state index is 0.563. The van der Waals surface area contributed by atoms with Gasteiger partial charge in [-0.15, -0.1) is 0 Å². The summed E-state index contributed by atoms with van der Waals surface area (Å²) < 4.78 is 4.97. The van der Waals surface area contributed by atoms with E-state index in [1.807, 2.05) is 5.06 Å². The van der Waals surface area contributed by atoms with Crippen LogP contribution < -0.4 is 0 Å². The average molecular weight is 157 g/mol. The highest BCUT2D eigenvalue weighted by atomic mass is 16.7. The highest BCUT2D eigenvalue weighted by Crippen LogP contribution is 2.49. The van der Waals surface area contributed by atoms with Crippen LogP contribution in [-0.2, 0) is 9.57 Å². The number of nitrogens with zero attached hydrogens (tertiary/aromatic N) is 1. The monoisotopic (exact) mass is 157 g/mol. The lowest BCUT2D eigenvalue weighted by Crippen LogP contribution is -2.23. The van der Waals surface area contributed by atoms with Crippen LogP contribution in [-0.4, -0.2) is 38.5 Å². The Morgan fingerprint density at radius 1 is 1.55 bits per heavy atom. The van der Waals surface area contributed by atoms with Gasteiger partial charge in [0.15, 0.2) is 0 Å². The van der Waals surface area contributed by atoms with Crippen molar-refractivity contribution in [1.29, 1.82) is 0 Å². The fraction of sp³-hybridized carbons (Fsp3) is 1.00. The van der Waals surface area contributed by atoms with E-state index >= 15 is 0 Å². The Morgan fingerprint density at radius 2 is 2.36 bits per heavy atom. The van der Waals surface area contributed by atoms with Crippen LogP contribution in [0.15, 0.2) is 0 Å². The third-order valence-electron chi connectivity index (χ3n) is 2.57. The third kappa shape index (κ3) is 1.55. The minimum Gasteiger partial charge on any atom is -0.383 e. The normalized spacial score (nSPS) is 28.1. The topological polar surface area (TPSA) is 21.7 Å². The maximum absolute atomic E-state index is 5.49. The van der Waals surface area contributed by atoms with Gasteiger partial charge >= 0.3 is 0 Å². The van der Waals surface area contributed by atoms with Crippen LogP contribution >= 0.6 is 0 Å². The second-order valence-electron chi connectivity index (χ2n) is 3.63. The Balaban J connectivity index is 1.72. The third-order valence-corrected chi connectivity index (χ3v) is 2.57. The zero-order chi connectivity index (χ0) is 7.73. The smallest absolute Gasteiger partial charge is 0.0754 e. The van der Waals surface area contributed by atoms with Gasteiger partial charge in [0.05, 0.1) is 13.2 Å². The first-order chi connectivity index (χ1) is 5.35. The van der Waals surface area contributed by atoms with Crippen LogP contribution in [0.3, 0.4) is 0 Å². The minimum atomic E-state index is 0.563. The van der Waals surface area contributed by atoms with E-state index in [-0.39, 0.29) is 0 Å². The zero-order valence-corrected chi connectivity index (χ0v) is 7.01. The molecule has 0 radical (unpaired) electrons. The molecular formula is C8H15NO2. The summed E-state index contributed by atoms with van der Waals surface area (Å²) in [6.45, 7) is 3.75. The lowest BCUT2D eigenvalue weighted by atomic mass is 10.1. The molecule has 3 nitrogen and oxygen atoms in total. The van der Waals surface area contributed by atoms with Crippen molar-refractivity contribution in [3.05, 3.63) is 0 Å². The Morgan fingerprint density at radius 3 is 2.91 bits per heavy atom. The maximum Gasteiger partial charge on any atom is 0.0754 e. The van der Waals surface area contributed by atoms with Crippen molar-refractivity contribution in [3.8, 4) is 0 Å². The molecule has 0 aromatic heterocycles. The number of ether oxygens (including phenoxy) is 1. The summed E-state index contributed by atoms with van der Waals surface area (Å²) in [4.78, 5) is 5.49. The second kappa shape index (κ2) is 2.73. The molecule has 64 valence electrons. The van der Waals surface area contributed by atoms with Gasteiger partial charge in [-0.3, -0.25) is 4.84 Å². The fourth-order valence-electron chi connectivity index (χ4n) is 1.51. The molecule has 0 unspecified atom stereocenters. The molecule has 0 N–H and O–H groups in total. The summed E-state index contributed by atoms with van der Waals surface area (Å²) >= 11 is 0. The van der Waals surface area contributed by atoms with E-state index in [9.17, 15) is 0 Å². The quantitative estimate of drug-likeness (QED) is 0.600. The second-order valence-corrected chi connectivity index (χ2v) is 3.63. The summed E-state index contributed by atoms with van der Waals surface area (Å²) in [6.07, 6.45) is 2.72. The molecule has 1 aliphatic carbocycles. The van der Waals surface area contributed by atoms with Gasteiger partial charge in [-0.1, -0.05) is 0 Å². The van der Waals surface area contributed by atoms with Crippen molar-refractivity contribution < 1.29 is 9.57 Å². The van der Waals surface area contributed by atoms with E-state index in [4.69, 9.17) is 9.57 Å². The van der Waals surface area contributed by atoms with Gasteiger partial charge in [0.1, 0.15) is 0 Å². The molecule has 1 saturated heterocycles. The van der Waals surface area contributed by atoms with Gasteiger partial charge in [-0.2, -0.15) is 5.06 Å². The van der Waals surface area contributed by atoms with Crippen molar-refractivity contribution in [3.63, 3.8) is 0 Å². The summed E-state index contributed by atoms with van der Waals surface area (Å²) in [5.74, 6) is 0. The van der Waals surface area contributed by atoms with Gasteiger partial charge in [0.2, 0.25) is 0 Å². The molecule has 0 bridgehead atoms. The SMILES string of the molecule is COCCN1CC2(CC2)CO1. The molecule has 1 heterocycles. The van der Waals surface area contributed by atoms with Crippen LogP contribution in [0, 0.1) is 5.41 Å². The first kappa shape index (κ1) is 7.53. The lowest BCUT2D eigenvalue weighted by Gasteiger charge is -2.12. The van der Waals surface area contributed by atoms with Crippen molar-refractivity contribution in [2.24, 2.45) is 5.41 Å². The molecule has 0 atom stereocenters. The van der Waals surface area contributed by atoms with Crippen LogP contribution in [0.4, 0.5) is 0 Å². The van der Waals surface area contributed by atoms with Crippen LogP contribution in [0.25, 0.3) is 0 Å². The van der Waals surface area contributed by atoms with Crippen molar-refractivity contribution in [2.75, 3.05) is 33.4 Å². The maximum atomic E-state index is 5.49. The molecule has 2 aliphatic rings. The summed E-state index contributed by atoms with van der Waals surface area (Å²) in [6, 6.07) is 0. The van der Waals surface area contributed by atoms with Crippen molar-refractivity contribution in [1.82, 2.24) is 5.06 Å². The van der Waals surface area contributed by atoms with E-state index in [1.165, 1.54) is 12.8 Å². The lowest BCUT2D eigenvalue weighted by molar-refractivity contribution is -0.118. The molecule has 2 fully saturated rings. The highest BCUT2D eigenvalue weighted by Gasteiger charge is 2.48. The number of methoxy groups -OCH3 is 1. The van der Waals surface area contributed by atoms with E-state index in [0.717, 1.165) is 26.3 Å². The Kier molecular flexibility index (Phi) is 1.87. The number of hydrogen-bond acceptors (Lipinski definition) is 3. The Labute approximate surface area is 67.2 Å². The van der Waals surface area contributed by atoms with Crippen LogP contribution in [0.5, 0.6) is 0 Å². The van der Waals surface area contributed by atoms with Gasteiger partial charge in [0.25, 0.3) is 0 Å². The van der Waals surface area contributed by atoms with E-state index < -0.39 is 0 Å². The van der Waals surface area contributed by atoms with Crippen molar-refractivity contribution >= 4 is 0 Å². The molecule has 0 amide bonds. The molecular weight excluding hydrogens is 142 g/mol. The van der Waals surface area contributed by atoms with Gasteiger partial charge in [-0.05, 0) is 12.8 Å². The van der Waals surface area contributed by atoms with Gasteiger partial charge < -0.3 is 4.74 Å². The van der Waals surface area contributed by atoms with E-state index in [2.05, 4.69) is 0 Å². The van der Waals surface area contributed by atoms with Crippen molar-refractivity contribution in [2.45, 2.75) is 12.8 Å². The molecule has 1 saturated carbocycles. The highest BCUT2D eigenvalue weighted by molar-refractivity contribution is 4.97. The number of rotatable bonds is 3. The largest absolute Gasteiger partial charge is 0.383 e. The predicted molar refractivity (Wildman–Crippen MR) is 41.1 cm³/mol. The van der Waals surface area contributed by atoms with E-state index in [0.29, 0.717) is 5.41 Å². The van der Waals surface area contributed by atoms with Crippen LogP contribution in [0.2, 0.25) is 0 Å². The Hall–Kier alpha value is -0.120. The first-order valence-electron chi connectivity index (χ1n) is 4.21. The van der Waals surface area contributed by atoms with E-state index in [1.54, 1.807) is 7.11 Å². The average Bonchev–Trinajstić information content (AvgIpc) is 2.61. The summed E-state index contributed by atoms with van der Waals surface area (Å²) in [7, 11) is 1.73. The molecule has 0 aromatic rings. The summed E-state index contributed by atoms with van der Waals surface area (Å²) in [5.41, 5.74) is 0.563. The van der Waals surface area contributed by atoms with Crippen LogP contribution in [0.1, 0.15) is 12.8 Å². The predicted octanol–water partition coefficient (Wildman–Crippen LogP) is 0.660. The standard InChI is InChI=1S/C8H15NO2/c1-10-5-4-9-6-8(2-3-8)7-11-9/h2-7H2,1H3. The fourth-order valence-corrected chi connectivity index (χ4v) is 1.51. The van der Waals surface area contributed by atoms with Gasteiger partial charge in [0, 0.05) is 25.6 Å². The molecule has 0 aromatic carbocycles. The molecule has 2 rings (SSSR count). The molecule has 1 aliphatic heterocycles. The summed E-state index contributed by atoms with van der Waals surface area (Å²) in [5, 5.41) is 2.04. The number of hydroxylamine groups is 2. The number of hydrogen-bond donors (Lipinski definition) is 0. The molecule has 11 heavy (non-hydrogen) atoms. The molecule has 3 heteroatoms.